The maximum atomic E-state index is 5.80. The van der Waals surface area contributed by atoms with E-state index in [2.05, 4.69) is 13.8 Å². The normalized spacial score (nSPS) is 42.0. The van der Waals surface area contributed by atoms with Crippen LogP contribution in [0.25, 0.3) is 0 Å². The quantitative estimate of drug-likeness (QED) is 0.534. The largest absolute Gasteiger partial charge is 0.344 e. The van der Waals surface area contributed by atoms with Gasteiger partial charge in [0.25, 0.3) is 0 Å². The van der Waals surface area contributed by atoms with E-state index in [1.54, 1.807) is 0 Å². The van der Waals surface area contributed by atoms with Crippen LogP contribution in [-0.2, 0) is 9.47 Å². The third kappa shape index (κ3) is 1.18. The van der Waals surface area contributed by atoms with Crippen molar-refractivity contribution in [3.05, 3.63) is 0 Å². The first kappa shape index (κ1) is 7.56. The van der Waals surface area contributed by atoms with Gasteiger partial charge in [-0.05, 0) is 26.7 Å². The van der Waals surface area contributed by atoms with Crippen LogP contribution < -0.4 is 0 Å². The highest BCUT2D eigenvalue weighted by atomic mass is 16.8. The van der Waals surface area contributed by atoms with E-state index in [-0.39, 0.29) is 18.0 Å². The second-order valence-electron chi connectivity index (χ2n) is 3.76. The molecule has 1 heterocycles. The van der Waals surface area contributed by atoms with Crippen LogP contribution in [0.15, 0.2) is 0 Å². The molecule has 2 nitrogen and oxygen atoms in total. The van der Waals surface area contributed by atoms with Gasteiger partial charge in [-0.2, -0.15) is 0 Å². The first-order chi connectivity index (χ1) is 5.22. The molecule has 64 valence electrons. The summed E-state index contributed by atoms with van der Waals surface area (Å²) in [6.07, 6.45) is 5.30. The molecule has 2 heteroatoms. The summed E-state index contributed by atoms with van der Waals surface area (Å²) >= 11 is 0. The fraction of sp³-hybridized carbons (Fsp3) is 1.00. The highest BCUT2D eigenvalue weighted by molar-refractivity contribution is 4.85. The molecule has 0 aromatic rings. The van der Waals surface area contributed by atoms with Gasteiger partial charge in [-0.3, -0.25) is 0 Å². The fourth-order valence-corrected chi connectivity index (χ4v) is 2.05. The van der Waals surface area contributed by atoms with Gasteiger partial charge in [0.2, 0.25) is 0 Å². The summed E-state index contributed by atoms with van der Waals surface area (Å²) in [5, 5.41) is 0. The second kappa shape index (κ2) is 2.46. The average Bonchev–Trinajstić information content (AvgIpc) is 2.46. The fourth-order valence-electron chi connectivity index (χ4n) is 2.05. The number of rotatable bonds is 0. The zero-order valence-corrected chi connectivity index (χ0v) is 7.30. The van der Waals surface area contributed by atoms with Gasteiger partial charge in [0.1, 0.15) is 0 Å². The molecule has 0 unspecified atom stereocenters. The summed E-state index contributed by atoms with van der Waals surface area (Å²) in [5.74, 6) is -0.168. The molecular weight excluding hydrogens is 140 g/mol. The Morgan fingerprint density at radius 3 is 1.91 bits per heavy atom. The molecule has 1 aliphatic heterocycles. The van der Waals surface area contributed by atoms with Gasteiger partial charge in [0, 0.05) is 12.8 Å². The van der Waals surface area contributed by atoms with Crippen molar-refractivity contribution in [1.29, 1.82) is 0 Å². The maximum Gasteiger partial charge on any atom is 0.169 e. The smallest absolute Gasteiger partial charge is 0.169 e. The molecule has 0 bridgehead atoms. The van der Waals surface area contributed by atoms with Crippen molar-refractivity contribution in [2.75, 3.05) is 0 Å². The molecule has 0 N–H and O–H groups in total. The Morgan fingerprint density at radius 2 is 1.45 bits per heavy atom. The SMILES string of the molecule is C[C@@H]1OC2(CCCC2)O[C@@H]1C. The van der Waals surface area contributed by atoms with Crippen molar-refractivity contribution in [1.82, 2.24) is 0 Å². The lowest BCUT2D eigenvalue weighted by molar-refractivity contribution is -0.166. The van der Waals surface area contributed by atoms with Crippen molar-refractivity contribution in [2.24, 2.45) is 0 Å². The van der Waals surface area contributed by atoms with Gasteiger partial charge in [0.05, 0.1) is 12.2 Å². The van der Waals surface area contributed by atoms with Crippen LogP contribution in [0.4, 0.5) is 0 Å². The lowest BCUT2D eigenvalue weighted by Crippen LogP contribution is -2.26. The Bertz CT molecular complexity index is 138. The number of hydrogen-bond donors (Lipinski definition) is 0. The number of ether oxygens (including phenoxy) is 2. The molecule has 0 amide bonds. The van der Waals surface area contributed by atoms with E-state index in [0.717, 1.165) is 12.8 Å². The van der Waals surface area contributed by atoms with Crippen LogP contribution in [0.2, 0.25) is 0 Å². The van der Waals surface area contributed by atoms with E-state index in [1.165, 1.54) is 12.8 Å². The molecule has 2 rings (SSSR count). The van der Waals surface area contributed by atoms with Crippen LogP contribution in [0.5, 0.6) is 0 Å². The molecule has 11 heavy (non-hydrogen) atoms. The first-order valence-electron chi connectivity index (χ1n) is 4.57. The van der Waals surface area contributed by atoms with Crippen LogP contribution in [0.3, 0.4) is 0 Å². The van der Waals surface area contributed by atoms with Gasteiger partial charge in [-0.25, -0.2) is 0 Å². The van der Waals surface area contributed by atoms with Gasteiger partial charge < -0.3 is 9.47 Å². The van der Waals surface area contributed by atoms with Gasteiger partial charge >= 0.3 is 0 Å². The van der Waals surface area contributed by atoms with Crippen LogP contribution in [-0.4, -0.2) is 18.0 Å². The molecule has 2 atom stereocenters. The van der Waals surface area contributed by atoms with E-state index in [0.29, 0.717) is 0 Å². The lowest BCUT2D eigenvalue weighted by Gasteiger charge is -2.21. The van der Waals surface area contributed by atoms with E-state index in [1.807, 2.05) is 0 Å². The molecule has 1 saturated carbocycles. The number of hydrogen-bond acceptors (Lipinski definition) is 2. The molecule has 2 aliphatic rings. The van der Waals surface area contributed by atoms with E-state index in [4.69, 9.17) is 9.47 Å². The second-order valence-corrected chi connectivity index (χ2v) is 3.76. The van der Waals surface area contributed by atoms with Crippen LogP contribution in [0.1, 0.15) is 39.5 Å². The Hall–Kier alpha value is -0.0800. The zero-order valence-electron chi connectivity index (χ0n) is 7.30. The van der Waals surface area contributed by atoms with Gasteiger partial charge in [-0.1, -0.05) is 0 Å². The van der Waals surface area contributed by atoms with Crippen LogP contribution in [0, 0.1) is 0 Å². The first-order valence-corrected chi connectivity index (χ1v) is 4.57. The minimum absolute atomic E-state index is 0.168. The minimum Gasteiger partial charge on any atom is -0.344 e. The van der Waals surface area contributed by atoms with Crippen molar-refractivity contribution in [3.63, 3.8) is 0 Å². The van der Waals surface area contributed by atoms with Crippen molar-refractivity contribution >= 4 is 0 Å². The predicted octanol–water partition coefficient (Wildman–Crippen LogP) is 2.08. The van der Waals surface area contributed by atoms with Crippen LogP contribution >= 0.6 is 0 Å². The van der Waals surface area contributed by atoms with Crippen molar-refractivity contribution < 1.29 is 9.47 Å². The van der Waals surface area contributed by atoms with Gasteiger partial charge in [-0.15, -0.1) is 0 Å². The van der Waals surface area contributed by atoms with Crippen molar-refractivity contribution in [3.8, 4) is 0 Å². The highest BCUT2D eigenvalue weighted by Gasteiger charge is 2.45. The molecular formula is C9H16O2. The third-order valence-electron chi connectivity index (χ3n) is 2.83. The summed E-state index contributed by atoms with van der Waals surface area (Å²) in [6.45, 7) is 4.19. The minimum atomic E-state index is -0.168. The molecule has 0 aromatic carbocycles. The monoisotopic (exact) mass is 156 g/mol. The molecule has 0 aromatic heterocycles. The Labute approximate surface area is 67.9 Å². The molecule has 0 radical (unpaired) electrons. The van der Waals surface area contributed by atoms with E-state index >= 15 is 0 Å². The zero-order chi connectivity index (χ0) is 7.90. The molecule has 1 spiro atoms. The van der Waals surface area contributed by atoms with E-state index in [9.17, 15) is 0 Å². The van der Waals surface area contributed by atoms with Crippen molar-refractivity contribution in [2.45, 2.75) is 57.5 Å². The molecule has 1 aliphatic carbocycles. The Balaban J connectivity index is 2.06. The summed E-state index contributed by atoms with van der Waals surface area (Å²) in [5.41, 5.74) is 0. The summed E-state index contributed by atoms with van der Waals surface area (Å²) in [4.78, 5) is 0. The molecule has 2 fully saturated rings. The maximum absolute atomic E-state index is 5.80. The highest BCUT2D eigenvalue weighted by Crippen LogP contribution is 2.41. The average molecular weight is 156 g/mol. The van der Waals surface area contributed by atoms with Gasteiger partial charge in [0.15, 0.2) is 5.79 Å². The van der Waals surface area contributed by atoms with E-state index < -0.39 is 0 Å². The topological polar surface area (TPSA) is 18.5 Å². The predicted molar refractivity (Wildman–Crippen MR) is 42.3 cm³/mol. The lowest BCUT2D eigenvalue weighted by atomic mass is 10.2. The molecule has 1 saturated heterocycles. The summed E-state index contributed by atoms with van der Waals surface area (Å²) in [6, 6.07) is 0. The standard InChI is InChI=1S/C9H16O2/c1-7-8(2)11-9(10-7)5-3-4-6-9/h7-8H,3-6H2,1-2H3/t7-,8+. The Kier molecular flexibility index (Phi) is 1.69. The third-order valence-corrected chi connectivity index (χ3v) is 2.83. The summed E-state index contributed by atoms with van der Waals surface area (Å²) in [7, 11) is 0. The summed E-state index contributed by atoms with van der Waals surface area (Å²) < 4.78 is 11.6. The Morgan fingerprint density at radius 1 is 1.00 bits per heavy atom.